The molecule has 150 valence electrons. The number of benzene rings is 1. The van der Waals surface area contributed by atoms with Gasteiger partial charge in [-0.1, -0.05) is 12.1 Å². The maximum Gasteiger partial charge on any atom is 0.283 e. The molecule has 5 nitrogen and oxygen atoms in total. The molecule has 0 atom stereocenters. The van der Waals surface area contributed by atoms with Crippen LogP contribution in [-0.4, -0.2) is 40.0 Å². The number of hydrogen-bond acceptors (Lipinski definition) is 4. The van der Waals surface area contributed by atoms with E-state index in [-0.39, 0.29) is 3.91 Å². The summed E-state index contributed by atoms with van der Waals surface area (Å²) in [4.78, 5) is 17.8. The number of amides is 1. The first kappa shape index (κ1) is 21.0. The third kappa shape index (κ3) is 5.23. The van der Waals surface area contributed by atoms with Gasteiger partial charge in [-0.05, 0) is 56.4 Å². The van der Waals surface area contributed by atoms with Gasteiger partial charge >= 0.3 is 0 Å². The molecule has 0 aliphatic heterocycles. The molecule has 0 unspecified atom stereocenters. The van der Waals surface area contributed by atoms with Gasteiger partial charge in [0.05, 0.1) is 7.11 Å². The van der Waals surface area contributed by atoms with Crippen LogP contribution in [0.15, 0.2) is 36.5 Å². The molecular formula is C22H28IN3O2. The van der Waals surface area contributed by atoms with Crippen molar-refractivity contribution < 1.29 is 9.53 Å². The van der Waals surface area contributed by atoms with Crippen LogP contribution in [0.4, 0.5) is 4.79 Å². The number of hydrogen-bond donors (Lipinski definition) is 1. The van der Waals surface area contributed by atoms with Crippen molar-refractivity contribution in [3.63, 3.8) is 0 Å². The largest absolute Gasteiger partial charge is 0.496 e. The second-order valence-corrected chi connectivity index (χ2v) is 8.39. The number of aromatic nitrogens is 1. The minimum Gasteiger partial charge on any atom is -0.496 e. The van der Waals surface area contributed by atoms with Gasteiger partial charge in [-0.3, -0.25) is 9.78 Å². The maximum absolute atomic E-state index is 11.6. The summed E-state index contributed by atoms with van der Waals surface area (Å²) >= 11 is 1.87. The van der Waals surface area contributed by atoms with Crippen molar-refractivity contribution in [1.82, 2.24) is 15.2 Å². The van der Waals surface area contributed by atoms with Crippen LogP contribution >= 0.6 is 22.6 Å². The summed E-state index contributed by atoms with van der Waals surface area (Å²) < 4.78 is 5.70. The number of nitrogens with one attached hydrogen (secondary N) is 1. The molecule has 0 bridgehead atoms. The third-order valence-electron chi connectivity index (χ3n) is 5.63. The number of aryl methyl sites for hydroxylation is 1. The highest BCUT2D eigenvalue weighted by molar-refractivity contribution is 14.1. The lowest BCUT2D eigenvalue weighted by Crippen LogP contribution is -2.41. The van der Waals surface area contributed by atoms with E-state index < -0.39 is 0 Å². The van der Waals surface area contributed by atoms with Crippen LogP contribution in [0.2, 0.25) is 0 Å². The molecular weight excluding hydrogens is 465 g/mol. The fraction of sp³-hybridized carbons (Fsp3) is 0.455. The Hall–Kier alpha value is -1.67. The number of pyridine rings is 1. The highest BCUT2D eigenvalue weighted by atomic mass is 127. The molecule has 1 aromatic heterocycles. The van der Waals surface area contributed by atoms with Gasteiger partial charge in [-0.2, -0.15) is 0 Å². The van der Waals surface area contributed by atoms with Gasteiger partial charge in [0, 0.05) is 71.3 Å². The maximum atomic E-state index is 11.6. The molecule has 0 saturated heterocycles. The van der Waals surface area contributed by atoms with Crippen LogP contribution in [0.25, 0.3) is 11.1 Å². The minimum atomic E-state index is 0.126. The molecule has 1 aromatic carbocycles. The quantitative estimate of drug-likeness (QED) is 0.352. The van der Waals surface area contributed by atoms with E-state index in [0.29, 0.717) is 12.1 Å². The molecule has 1 N–H and O–H groups in total. The molecule has 1 aliphatic carbocycles. The average Bonchev–Trinajstić information content (AvgIpc) is 2.72. The predicted octanol–water partition coefficient (Wildman–Crippen LogP) is 4.95. The van der Waals surface area contributed by atoms with Crippen LogP contribution in [0.5, 0.6) is 5.75 Å². The number of carbonyl (C=O) groups excluding carboxylic acids is 1. The Labute approximate surface area is 181 Å². The second-order valence-electron chi connectivity index (χ2n) is 7.47. The van der Waals surface area contributed by atoms with Gasteiger partial charge in [0.25, 0.3) is 3.91 Å². The van der Waals surface area contributed by atoms with E-state index in [9.17, 15) is 4.79 Å². The van der Waals surface area contributed by atoms with Gasteiger partial charge in [0.2, 0.25) is 0 Å². The molecule has 1 amide bonds. The molecule has 6 heteroatoms. The monoisotopic (exact) mass is 493 g/mol. The topological polar surface area (TPSA) is 54.5 Å². The number of rotatable bonds is 6. The van der Waals surface area contributed by atoms with Crippen molar-refractivity contribution in [1.29, 1.82) is 0 Å². The molecule has 0 radical (unpaired) electrons. The summed E-state index contributed by atoms with van der Waals surface area (Å²) in [5, 5.41) is 3.69. The minimum absolute atomic E-state index is 0.126. The van der Waals surface area contributed by atoms with Crippen molar-refractivity contribution in [3.8, 4) is 16.9 Å². The van der Waals surface area contributed by atoms with E-state index in [4.69, 9.17) is 4.74 Å². The number of ether oxygens (including phenoxy) is 1. The normalized spacial score (nSPS) is 19.3. The first-order valence-electron chi connectivity index (χ1n) is 9.73. The standard InChI is InChI=1S/C22H28IN3O2/c1-15-4-5-17(13-24-15)16-6-11-21(28-3)18(12-16)14-25-19-7-9-20(10-8-19)26(2)22(23)27/h4-6,11-13,19-20,25H,7-10,14H2,1-3H3/t19-,20-. The number of halogens is 1. The molecule has 1 aliphatic rings. The van der Waals surface area contributed by atoms with E-state index >= 15 is 0 Å². The smallest absolute Gasteiger partial charge is 0.283 e. The first-order chi connectivity index (χ1) is 13.5. The SMILES string of the molecule is COc1ccc(-c2ccc(C)nc2)cc1CN[C@H]1CC[C@H](N(C)C(=O)I)CC1. The molecule has 1 saturated carbocycles. The lowest BCUT2D eigenvalue weighted by molar-refractivity contribution is 0.188. The Balaban J connectivity index is 1.63. The van der Waals surface area contributed by atoms with E-state index in [0.717, 1.165) is 60.4 Å². The Morgan fingerprint density at radius 2 is 1.93 bits per heavy atom. The number of nitrogens with zero attached hydrogens (tertiary/aromatic N) is 2. The predicted molar refractivity (Wildman–Crippen MR) is 121 cm³/mol. The van der Waals surface area contributed by atoms with Gasteiger partial charge in [-0.25, -0.2) is 0 Å². The Morgan fingerprint density at radius 3 is 2.54 bits per heavy atom. The second kappa shape index (κ2) is 9.69. The number of carbonyl (C=O) groups is 1. The lowest BCUT2D eigenvalue weighted by atomic mass is 9.90. The molecule has 3 rings (SSSR count). The van der Waals surface area contributed by atoms with Crippen molar-refractivity contribution in [2.24, 2.45) is 0 Å². The zero-order valence-electron chi connectivity index (χ0n) is 16.7. The molecule has 28 heavy (non-hydrogen) atoms. The van der Waals surface area contributed by atoms with Crippen molar-refractivity contribution >= 4 is 26.5 Å². The van der Waals surface area contributed by atoms with Gasteiger partial charge in [0.1, 0.15) is 5.75 Å². The Morgan fingerprint density at radius 1 is 1.21 bits per heavy atom. The van der Waals surface area contributed by atoms with Gasteiger partial charge < -0.3 is 15.0 Å². The van der Waals surface area contributed by atoms with E-state index in [1.807, 2.05) is 59.8 Å². The van der Waals surface area contributed by atoms with Crippen LogP contribution in [0, 0.1) is 6.92 Å². The van der Waals surface area contributed by atoms with Crippen LogP contribution in [0.1, 0.15) is 36.9 Å². The Kier molecular flexibility index (Phi) is 7.29. The Bertz CT molecular complexity index is 802. The van der Waals surface area contributed by atoms with Gasteiger partial charge in [0.15, 0.2) is 0 Å². The van der Waals surface area contributed by atoms with Crippen molar-refractivity contribution in [2.45, 2.75) is 51.2 Å². The van der Waals surface area contributed by atoms with Crippen LogP contribution in [-0.2, 0) is 6.54 Å². The van der Waals surface area contributed by atoms with E-state index in [2.05, 4.69) is 28.5 Å². The summed E-state index contributed by atoms with van der Waals surface area (Å²) in [5.74, 6) is 0.903. The molecule has 1 fully saturated rings. The fourth-order valence-electron chi connectivity index (χ4n) is 3.80. The van der Waals surface area contributed by atoms with Gasteiger partial charge in [-0.15, -0.1) is 0 Å². The number of methoxy groups -OCH3 is 1. The third-order valence-corrected chi connectivity index (χ3v) is 6.39. The zero-order valence-corrected chi connectivity index (χ0v) is 18.9. The zero-order chi connectivity index (χ0) is 20.1. The van der Waals surface area contributed by atoms with Crippen LogP contribution in [0.3, 0.4) is 0 Å². The first-order valence-corrected chi connectivity index (χ1v) is 10.8. The van der Waals surface area contributed by atoms with E-state index in [1.54, 1.807) is 7.11 Å². The molecule has 0 spiro atoms. The summed E-state index contributed by atoms with van der Waals surface area (Å²) in [6.45, 7) is 2.77. The summed E-state index contributed by atoms with van der Waals surface area (Å²) in [7, 11) is 3.62. The summed E-state index contributed by atoms with van der Waals surface area (Å²) in [6, 6.07) is 11.3. The highest BCUT2D eigenvalue weighted by Crippen LogP contribution is 2.28. The van der Waals surface area contributed by atoms with E-state index in [1.165, 1.54) is 0 Å². The lowest BCUT2D eigenvalue weighted by Gasteiger charge is -2.34. The van der Waals surface area contributed by atoms with Crippen molar-refractivity contribution in [3.05, 3.63) is 47.8 Å². The summed E-state index contributed by atoms with van der Waals surface area (Å²) in [5.41, 5.74) is 4.43. The fourth-order valence-corrected chi connectivity index (χ4v) is 4.19. The average molecular weight is 493 g/mol. The van der Waals surface area contributed by atoms with Crippen molar-refractivity contribution in [2.75, 3.05) is 14.2 Å². The van der Waals surface area contributed by atoms with Crippen LogP contribution < -0.4 is 10.1 Å². The highest BCUT2D eigenvalue weighted by Gasteiger charge is 2.25. The molecule has 2 aromatic rings. The molecule has 1 heterocycles. The summed E-state index contributed by atoms with van der Waals surface area (Å²) in [6.07, 6.45) is 6.19.